The lowest BCUT2D eigenvalue weighted by atomic mass is 10.1. The molecule has 0 saturated heterocycles. The molecular weight excluding hydrogens is 406 g/mol. The van der Waals surface area contributed by atoms with E-state index in [-0.39, 0.29) is 17.3 Å². The van der Waals surface area contributed by atoms with Crippen LogP contribution in [0.25, 0.3) is 0 Å². The zero-order valence-corrected chi connectivity index (χ0v) is 15.8. The quantitative estimate of drug-likeness (QED) is 0.413. The second-order valence-electron chi connectivity index (χ2n) is 5.16. The number of rotatable bonds is 7. The zero-order valence-electron chi connectivity index (χ0n) is 13.4. The highest BCUT2D eigenvalue weighted by molar-refractivity contribution is 9.10. The molecule has 0 radical (unpaired) electrons. The minimum atomic E-state index is -0.464. The first-order chi connectivity index (χ1) is 12.0. The van der Waals surface area contributed by atoms with Crippen LogP contribution in [0.3, 0.4) is 0 Å². The third-order valence-electron chi connectivity index (χ3n) is 3.21. The lowest BCUT2D eigenvalue weighted by Gasteiger charge is -2.04. The molecule has 8 heteroatoms. The van der Waals surface area contributed by atoms with Gasteiger partial charge in [-0.1, -0.05) is 40.2 Å². The maximum atomic E-state index is 11.9. The molecule has 25 heavy (non-hydrogen) atoms. The number of benzene rings is 2. The molecule has 0 aliphatic heterocycles. The summed E-state index contributed by atoms with van der Waals surface area (Å²) >= 11 is 4.90. The van der Waals surface area contributed by atoms with Crippen LogP contribution in [0.5, 0.6) is 0 Å². The molecular formula is C17H16BrN3O3S. The second-order valence-corrected chi connectivity index (χ2v) is 7.06. The molecule has 2 aromatic rings. The van der Waals surface area contributed by atoms with Crippen molar-refractivity contribution >= 4 is 45.0 Å². The number of thioether (sulfide) groups is 1. The average Bonchev–Trinajstić information content (AvgIpc) is 2.60. The van der Waals surface area contributed by atoms with Crippen LogP contribution in [-0.4, -0.2) is 22.3 Å². The molecule has 0 bridgehead atoms. The van der Waals surface area contributed by atoms with Crippen molar-refractivity contribution in [3.05, 3.63) is 74.2 Å². The van der Waals surface area contributed by atoms with E-state index in [0.717, 1.165) is 15.8 Å². The van der Waals surface area contributed by atoms with E-state index >= 15 is 0 Å². The van der Waals surface area contributed by atoms with Crippen LogP contribution in [0.15, 0.2) is 58.1 Å². The molecule has 0 unspecified atom stereocenters. The fourth-order valence-electron chi connectivity index (χ4n) is 1.98. The van der Waals surface area contributed by atoms with Crippen LogP contribution in [-0.2, 0) is 10.5 Å². The van der Waals surface area contributed by atoms with Crippen molar-refractivity contribution in [3.63, 3.8) is 0 Å². The van der Waals surface area contributed by atoms with E-state index in [1.54, 1.807) is 19.1 Å². The smallest absolute Gasteiger partial charge is 0.270 e. The van der Waals surface area contributed by atoms with Crippen molar-refractivity contribution in [1.82, 2.24) is 5.43 Å². The number of nitrogens with one attached hydrogen (secondary N) is 1. The van der Waals surface area contributed by atoms with E-state index in [9.17, 15) is 14.9 Å². The second kappa shape index (κ2) is 9.33. The van der Waals surface area contributed by atoms with Crippen LogP contribution >= 0.6 is 27.7 Å². The van der Waals surface area contributed by atoms with Crippen LogP contribution < -0.4 is 5.43 Å². The van der Waals surface area contributed by atoms with Crippen molar-refractivity contribution in [2.75, 3.05) is 5.75 Å². The minimum Gasteiger partial charge on any atom is -0.272 e. The molecule has 0 atom stereocenters. The summed E-state index contributed by atoms with van der Waals surface area (Å²) < 4.78 is 1.01. The van der Waals surface area contributed by atoms with Gasteiger partial charge in [0.15, 0.2) is 0 Å². The molecule has 0 aromatic heterocycles. The number of nitrogens with zero attached hydrogens (tertiary/aromatic N) is 2. The number of nitro groups is 1. The number of carbonyl (C=O) groups excluding carboxylic acids is 1. The van der Waals surface area contributed by atoms with Gasteiger partial charge in [0.2, 0.25) is 5.91 Å². The summed E-state index contributed by atoms with van der Waals surface area (Å²) in [7, 11) is 0. The van der Waals surface area contributed by atoms with Gasteiger partial charge in [0.1, 0.15) is 0 Å². The summed E-state index contributed by atoms with van der Waals surface area (Å²) in [4.78, 5) is 22.2. The summed E-state index contributed by atoms with van der Waals surface area (Å²) in [6.45, 7) is 1.69. The van der Waals surface area contributed by atoms with Gasteiger partial charge < -0.3 is 0 Å². The lowest BCUT2D eigenvalue weighted by molar-refractivity contribution is -0.384. The first kappa shape index (κ1) is 19.1. The monoisotopic (exact) mass is 421 g/mol. The Hall–Kier alpha value is -2.19. The van der Waals surface area contributed by atoms with Crippen molar-refractivity contribution in [3.8, 4) is 0 Å². The highest BCUT2D eigenvalue weighted by Gasteiger charge is 2.08. The molecule has 130 valence electrons. The normalized spacial score (nSPS) is 11.2. The van der Waals surface area contributed by atoms with E-state index in [2.05, 4.69) is 26.5 Å². The number of amides is 1. The van der Waals surface area contributed by atoms with Gasteiger partial charge in [0.25, 0.3) is 5.69 Å². The van der Waals surface area contributed by atoms with Crippen molar-refractivity contribution in [1.29, 1.82) is 0 Å². The molecule has 2 rings (SSSR count). The standard InChI is InChI=1S/C17H16BrN3O3S/c1-12(14-5-3-7-16(9-14)21(23)24)19-20-17(22)11-25-10-13-4-2-6-15(18)8-13/h2-9H,10-11H2,1H3,(H,20,22)/b19-12-. The summed E-state index contributed by atoms with van der Waals surface area (Å²) in [6.07, 6.45) is 0. The highest BCUT2D eigenvalue weighted by Crippen LogP contribution is 2.17. The van der Waals surface area contributed by atoms with E-state index in [0.29, 0.717) is 11.3 Å². The maximum absolute atomic E-state index is 11.9. The van der Waals surface area contributed by atoms with Gasteiger partial charge in [-0.25, -0.2) is 5.43 Å². The Labute approximate surface area is 158 Å². The van der Waals surface area contributed by atoms with Crippen LogP contribution in [0, 0.1) is 10.1 Å². The zero-order chi connectivity index (χ0) is 18.2. The van der Waals surface area contributed by atoms with Gasteiger partial charge >= 0.3 is 0 Å². The molecule has 0 aliphatic rings. The number of nitro benzene ring substituents is 1. The third-order valence-corrected chi connectivity index (χ3v) is 4.71. The first-order valence-corrected chi connectivity index (χ1v) is 9.30. The fourth-order valence-corrected chi connectivity index (χ4v) is 3.19. The number of hydrazone groups is 1. The van der Waals surface area contributed by atoms with Crippen molar-refractivity contribution < 1.29 is 9.72 Å². The van der Waals surface area contributed by atoms with E-state index < -0.39 is 4.92 Å². The Morgan fingerprint density at radius 1 is 1.28 bits per heavy atom. The molecule has 6 nitrogen and oxygen atoms in total. The van der Waals surface area contributed by atoms with Crippen LogP contribution in [0.2, 0.25) is 0 Å². The molecule has 0 aliphatic carbocycles. The molecule has 0 heterocycles. The lowest BCUT2D eigenvalue weighted by Crippen LogP contribution is -2.21. The van der Waals surface area contributed by atoms with Gasteiger partial charge in [-0.2, -0.15) is 5.10 Å². The number of hydrogen-bond acceptors (Lipinski definition) is 5. The van der Waals surface area contributed by atoms with Gasteiger partial charge in [-0.3, -0.25) is 14.9 Å². The SMILES string of the molecule is C/C(=N/NC(=O)CSCc1cccc(Br)c1)c1cccc([N+](=O)[O-])c1. The molecule has 0 spiro atoms. The third kappa shape index (κ3) is 6.32. The highest BCUT2D eigenvalue weighted by atomic mass is 79.9. The van der Waals surface area contributed by atoms with Crippen molar-refractivity contribution in [2.24, 2.45) is 5.10 Å². The Balaban J connectivity index is 1.84. The Morgan fingerprint density at radius 2 is 2.04 bits per heavy atom. The molecule has 0 fully saturated rings. The summed E-state index contributed by atoms with van der Waals surface area (Å²) in [5, 5.41) is 14.8. The number of hydrogen-bond donors (Lipinski definition) is 1. The van der Waals surface area contributed by atoms with Gasteiger partial charge in [0.05, 0.1) is 16.4 Å². The summed E-state index contributed by atoms with van der Waals surface area (Å²) in [5.41, 5.74) is 4.70. The van der Waals surface area contributed by atoms with E-state index in [1.807, 2.05) is 24.3 Å². The number of halogens is 1. The topological polar surface area (TPSA) is 84.6 Å². The maximum Gasteiger partial charge on any atom is 0.270 e. The Kier molecular flexibility index (Phi) is 7.15. The van der Waals surface area contributed by atoms with Gasteiger partial charge in [-0.05, 0) is 24.6 Å². The number of carbonyl (C=O) groups is 1. The summed E-state index contributed by atoms with van der Waals surface area (Å²) in [6, 6.07) is 14.0. The predicted molar refractivity (Wildman–Crippen MR) is 104 cm³/mol. The average molecular weight is 422 g/mol. The molecule has 2 aromatic carbocycles. The van der Waals surface area contributed by atoms with Gasteiger partial charge in [-0.15, -0.1) is 11.8 Å². The predicted octanol–water partition coefficient (Wildman–Crippen LogP) is 4.13. The van der Waals surface area contributed by atoms with E-state index in [4.69, 9.17) is 0 Å². The summed E-state index contributed by atoms with van der Waals surface area (Å²) in [5.74, 6) is 0.781. The van der Waals surface area contributed by atoms with Gasteiger partial charge in [0, 0.05) is 27.9 Å². The number of non-ortho nitro benzene ring substituents is 1. The Morgan fingerprint density at radius 3 is 2.76 bits per heavy atom. The molecule has 1 N–H and O–H groups in total. The molecule has 0 saturated carbocycles. The fraction of sp³-hybridized carbons (Fsp3) is 0.176. The van der Waals surface area contributed by atoms with Crippen LogP contribution in [0.1, 0.15) is 18.1 Å². The minimum absolute atomic E-state index is 0.0112. The first-order valence-electron chi connectivity index (χ1n) is 7.36. The van der Waals surface area contributed by atoms with Crippen molar-refractivity contribution in [2.45, 2.75) is 12.7 Å². The van der Waals surface area contributed by atoms with Crippen LogP contribution in [0.4, 0.5) is 5.69 Å². The molecule has 1 amide bonds. The largest absolute Gasteiger partial charge is 0.272 e. The van der Waals surface area contributed by atoms with E-state index in [1.165, 1.54) is 23.9 Å². The Bertz CT molecular complexity index is 811.